The van der Waals surface area contributed by atoms with Gasteiger partial charge in [0.2, 0.25) is 0 Å². The SMILES string of the molecule is C[CH2][Al-]1([CH2]C)[CH2]CC(CCC/C=C/COC)[CH2]1. The van der Waals surface area contributed by atoms with Crippen molar-refractivity contribution in [3.63, 3.8) is 0 Å². The molecule has 0 bridgehead atoms. The Morgan fingerprint density at radius 2 is 2.00 bits per heavy atom. The predicted octanol–water partition coefficient (Wildman–Crippen LogP) is 4.87. The van der Waals surface area contributed by atoms with Gasteiger partial charge in [0.1, 0.15) is 13.1 Å². The summed E-state index contributed by atoms with van der Waals surface area (Å²) in [6.45, 7) is 5.67. The van der Waals surface area contributed by atoms with Gasteiger partial charge in [-0.3, -0.25) is 0 Å². The van der Waals surface area contributed by atoms with Crippen LogP contribution in [0.5, 0.6) is 0 Å². The molecule has 1 nitrogen and oxygen atoms in total. The molecule has 100 valence electrons. The Balaban J connectivity index is 2.13. The van der Waals surface area contributed by atoms with Crippen molar-refractivity contribution in [2.75, 3.05) is 13.7 Å². The molecular weight excluding hydrogens is 223 g/mol. The van der Waals surface area contributed by atoms with Gasteiger partial charge in [-0.15, -0.1) is 13.8 Å². The first-order valence-electron chi connectivity index (χ1n) is 7.62. The Kier molecular flexibility index (Phi) is 7.51. The van der Waals surface area contributed by atoms with Crippen molar-refractivity contribution in [3.05, 3.63) is 12.2 Å². The highest BCUT2D eigenvalue weighted by Gasteiger charge is 2.33. The Hall–Kier alpha value is 0.232. The Morgan fingerprint density at radius 3 is 2.59 bits per heavy atom. The first kappa shape index (κ1) is 15.3. The van der Waals surface area contributed by atoms with Gasteiger partial charge in [0.25, 0.3) is 0 Å². The number of methoxy groups -OCH3 is 1. The molecule has 1 unspecified atom stereocenters. The second-order valence-electron chi connectivity index (χ2n) is 6.09. The van der Waals surface area contributed by atoms with Gasteiger partial charge < -0.3 is 4.74 Å². The molecule has 0 radical (unpaired) electrons. The first-order valence-corrected chi connectivity index (χ1v) is 10.9. The van der Waals surface area contributed by atoms with Crippen LogP contribution in [0, 0.1) is 5.92 Å². The van der Waals surface area contributed by atoms with Gasteiger partial charge >= 0.3 is 0 Å². The normalized spacial score (nSPS) is 23.6. The third-order valence-corrected chi connectivity index (χ3v) is 11.9. The van der Waals surface area contributed by atoms with E-state index in [9.17, 15) is 0 Å². The Bertz CT molecular complexity index is 221. The number of hydrogen-bond donors (Lipinski definition) is 0. The molecule has 0 spiro atoms. The van der Waals surface area contributed by atoms with Crippen LogP contribution in [-0.4, -0.2) is 26.8 Å². The van der Waals surface area contributed by atoms with Crippen LogP contribution in [0.1, 0.15) is 39.5 Å². The molecule has 1 rings (SSSR count). The first-order chi connectivity index (χ1) is 8.26. The summed E-state index contributed by atoms with van der Waals surface area (Å²) < 4.78 is 5.00. The largest absolute Gasteiger partial charge is 0.381 e. The molecule has 0 amide bonds. The zero-order chi connectivity index (χ0) is 12.6. The maximum Gasteiger partial charge on any atom is 0.134 e. The van der Waals surface area contributed by atoms with Gasteiger partial charge in [0.05, 0.1) is 6.61 Å². The lowest BCUT2D eigenvalue weighted by molar-refractivity contribution is 0.233. The van der Waals surface area contributed by atoms with Crippen molar-refractivity contribution in [3.8, 4) is 0 Å². The van der Waals surface area contributed by atoms with Crippen molar-refractivity contribution in [1.29, 1.82) is 0 Å². The minimum Gasteiger partial charge on any atom is -0.381 e. The second kappa shape index (κ2) is 8.35. The van der Waals surface area contributed by atoms with Gasteiger partial charge in [0, 0.05) is 7.11 Å². The summed E-state index contributed by atoms with van der Waals surface area (Å²) in [5.41, 5.74) is 0. The summed E-state index contributed by atoms with van der Waals surface area (Å²) in [4.78, 5) is 0. The quantitative estimate of drug-likeness (QED) is 0.341. The zero-order valence-corrected chi connectivity index (χ0v) is 13.2. The van der Waals surface area contributed by atoms with Gasteiger partial charge in [-0.05, 0) is 12.8 Å². The highest BCUT2D eigenvalue weighted by molar-refractivity contribution is 6.80. The summed E-state index contributed by atoms with van der Waals surface area (Å²) in [5, 5.41) is 6.40. The molecule has 1 aliphatic rings. The van der Waals surface area contributed by atoms with Gasteiger partial charge in [-0.1, -0.05) is 30.9 Å². The minimum absolute atomic E-state index is 0.770. The standard InChI is InChI=1S/C11H20O.2C2H5.Al/c1-4-11(2)9-7-5-6-8-10-12-3;2*1-2;/h6,8,11H,1-2,4-5,7,9-10H2,3H3;2*1H2,2H3;/q;;;-1/b8-6+;;;. The Labute approximate surface area is 110 Å². The van der Waals surface area contributed by atoms with Crippen molar-refractivity contribution < 1.29 is 4.74 Å². The van der Waals surface area contributed by atoms with E-state index in [0.29, 0.717) is 0 Å². The van der Waals surface area contributed by atoms with Crippen LogP contribution in [0.3, 0.4) is 0 Å². The van der Waals surface area contributed by atoms with Gasteiger partial charge in [-0.25, -0.2) is 0 Å². The summed E-state index contributed by atoms with van der Waals surface area (Å²) in [6.07, 6.45) is 10.1. The van der Waals surface area contributed by atoms with Crippen LogP contribution in [-0.2, 0) is 4.74 Å². The monoisotopic (exact) mass is 253 g/mol. The molecule has 0 saturated carbocycles. The van der Waals surface area contributed by atoms with Crippen LogP contribution in [0.15, 0.2) is 12.2 Å². The number of hydrogen-bond acceptors (Lipinski definition) is 1. The molecule has 2 heteroatoms. The highest BCUT2D eigenvalue weighted by atomic mass is 27.2. The molecule has 0 aromatic rings. The molecule has 1 heterocycles. The third-order valence-electron chi connectivity index (χ3n) is 5.17. The van der Waals surface area contributed by atoms with Crippen LogP contribution < -0.4 is 0 Å². The maximum absolute atomic E-state index is 5.00. The molecule has 0 aliphatic carbocycles. The zero-order valence-electron chi connectivity index (χ0n) is 12.1. The number of ether oxygens (including phenoxy) is 1. The summed E-state index contributed by atoms with van der Waals surface area (Å²) in [5.74, 6) is 1.08. The summed E-state index contributed by atoms with van der Waals surface area (Å²) >= 11 is -1.06. The molecule has 1 aliphatic heterocycles. The van der Waals surface area contributed by atoms with E-state index >= 15 is 0 Å². The molecule has 0 aromatic heterocycles. The van der Waals surface area contributed by atoms with Crippen molar-refractivity contribution in [2.45, 2.75) is 60.7 Å². The van der Waals surface area contributed by atoms with Crippen LogP contribution >= 0.6 is 0 Å². The lowest BCUT2D eigenvalue weighted by atomic mass is 10.0. The molecule has 1 fully saturated rings. The molecule has 0 aromatic carbocycles. The number of allylic oxidation sites excluding steroid dienone is 1. The Morgan fingerprint density at radius 1 is 1.24 bits per heavy atom. The van der Waals surface area contributed by atoms with E-state index in [-0.39, 0.29) is 0 Å². The summed E-state index contributed by atoms with van der Waals surface area (Å²) in [7, 11) is 1.75. The number of unbranched alkanes of at least 4 members (excludes halogenated alkanes) is 1. The fourth-order valence-corrected chi connectivity index (χ4v) is 8.99. The molecule has 0 N–H and O–H groups in total. The topological polar surface area (TPSA) is 9.23 Å². The molecular formula is C15H30AlO-. The maximum atomic E-state index is 5.00. The van der Waals surface area contributed by atoms with E-state index in [2.05, 4.69) is 26.0 Å². The van der Waals surface area contributed by atoms with Crippen molar-refractivity contribution in [1.82, 2.24) is 0 Å². The smallest absolute Gasteiger partial charge is 0.134 e. The molecule has 1 saturated heterocycles. The van der Waals surface area contributed by atoms with Crippen LogP contribution in [0.2, 0.25) is 21.1 Å². The lowest BCUT2D eigenvalue weighted by Crippen LogP contribution is -2.27. The number of rotatable bonds is 8. The van der Waals surface area contributed by atoms with Crippen molar-refractivity contribution in [2.24, 2.45) is 5.92 Å². The average molecular weight is 253 g/mol. The third kappa shape index (κ3) is 5.16. The average Bonchev–Trinajstić information content (AvgIpc) is 2.78. The van der Waals surface area contributed by atoms with E-state index in [1.54, 1.807) is 34.7 Å². The highest BCUT2D eigenvalue weighted by Crippen LogP contribution is 2.42. The lowest BCUT2D eigenvalue weighted by Gasteiger charge is -2.27. The second-order valence-corrected chi connectivity index (χ2v) is 12.2. The molecule has 1 atom stereocenters. The fraction of sp³-hybridized carbons (Fsp3) is 0.867. The van der Waals surface area contributed by atoms with E-state index in [1.807, 2.05) is 0 Å². The van der Waals surface area contributed by atoms with Gasteiger partial charge in [-0.2, -0.15) is 21.1 Å². The predicted molar refractivity (Wildman–Crippen MR) is 79.3 cm³/mol. The van der Waals surface area contributed by atoms with Gasteiger partial charge in [0.15, 0.2) is 0 Å². The summed E-state index contributed by atoms with van der Waals surface area (Å²) in [6, 6.07) is 0. The van der Waals surface area contributed by atoms with Crippen molar-refractivity contribution >= 4 is 13.1 Å². The van der Waals surface area contributed by atoms with Crippen LogP contribution in [0.25, 0.3) is 0 Å². The van der Waals surface area contributed by atoms with Crippen LogP contribution in [0.4, 0.5) is 0 Å². The van der Waals surface area contributed by atoms with E-state index in [4.69, 9.17) is 4.74 Å². The minimum atomic E-state index is -1.06. The van der Waals surface area contributed by atoms with E-state index in [1.165, 1.54) is 19.3 Å². The fourth-order valence-electron chi connectivity index (χ4n) is 3.63. The van der Waals surface area contributed by atoms with E-state index < -0.39 is 13.1 Å². The molecule has 17 heavy (non-hydrogen) atoms. The van der Waals surface area contributed by atoms with E-state index in [0.717, 1.165) is 12.5 Å².